The van der Waals surface area contributed by atoms with Crippen LogP contribution in [0.1, 0.15) is 24.2 Å². The fraction of sp³-hybridized carbons (Fsp3) is 0.308. The molecule has 16 heavy (non-hydrogen) atoms. The van der Waals surface area contributed by atoms with Gasteiger partial charge in [0.05, 0.1) is 13.2 Å². The van der Waals surface area contributed by atoms with Gasteiger partial charge in [0.2, 0.25) is 0 Å². The third-order valence-corrected chi connectivity index (χ3v) is 1.66. The molecule has 0 saturated carbocycles. The molecule has 0 aliphatic heterocycles. The molecule has 0 atom stereocenters. The molecule has 0 bridgehead atoms. The molecule has 0 spiro atoms. The Hall–Kier alpha value is -1.81. The molecule has 0 saturated heterocycles. The molecule has 1 rings (SSSR count). The molecule has 0 radical (unpaired) electrons. The van der Waals surface area contributed by atoms with E-state index < -0.39 is 0 Å². The molecule has 1 heterocycles. The van der Waals surface area contributed by atoms with Crippen LogP contribution in [-0.2, 0) is 0 Å². The van der Waals surface area contributed by atoms with Crippen LogP contribution in [-0.4, -0.2) is 28.4 Å². The van der Waals surface area contributed by atoms with Crippen molar-refractivity contribution >= 4 is 0 Å². The lowest BCUT2D eigenvalue weighted by Crippen LogP contribution is -1.87. The number of pyridine rings is 1. The van der Waals surface area contributed by atoms with Gasteiger partial charge in [-0.3, -0.25) is 0 Å². The summed E-state index contributed by atoms with van der Waals surface area (Å²) in [5, 5.41) is 17.1. The van der Waals surface area contributed by atoms with E-state index >= 15 is 0 Å². The van der Waals surface area contributed by atoms with Crippen LogP contribution in [0.3, 0.4) is 0 Å². The zero-order chi connectivity index (χ0) is 11.6. The van der Waals surface area contributed by atoms with Crippen molar-refractivity contribution in [1.29, 1.82) is 0 Å². The maximum Gasteiger partial charge on any atom is 0.114 e. The van der Waals surface area contributed by atoms with Crippen LogP contribution in [0.4, 0.5) is 0 Å². The number of aromatic nitrogens is 1. The van der Waals surface area contributed by atoms with Crippen LogP contribution in [0.2, 0.25) is 0 Å². The van der Waals surface area contributed by atoms with Gasteiger partial charge in [-0.1, -0.05) is 17.9 Å². The molecule has 1 aromatic rings. The van der Waals surface area contributed by atoms with Crippen molar-refractivity contribution in [3.8, 4) is 23.7 Å². The summed E-state index contributed by atoms with van der Waals surface area (Å²) in [6.07, 6.45) is 0.893. The SMILES string of the molecule is OCCC#Cc1cccc(C#CCCO)n1. The van der Waals surface area contributed by atoms with Gasteiger partial charge < -0.3 is 10.2 Å². The molecule has 0 aliphatic rings. The Bertz CT molecular complexity index is 407. The Morgan fingerprint density at radius 3 is 1.88 bits per heavy atom. The van der Waals surface area contributed by atoms with E-state index in [1.165, 1.54) is 0 Å². The van der Waals surface area contributed by atoms with Crippen molar-refractivity contribution in [2.45, 2.75) is 12.8 Å². The van der Waals surface area contributed by atoms with E-state index in [0.717, 1.165) is 0 Å². The second-order valence-corrected chi connectivity index (χ2v) is 2.96. The van der Waals surface area contributed by atoms with E-state index in [1.807, 2.05) is 6.07 Å². The summed E-state index contributed by atoms with van der Waals surface area (Å²) >= 11 is 0. The van der Waals surface area contributed by atoms with Crippen molar-refractivity contribution in [2.24, 2.45) is 0 Å². The van der Waals surface area contributed by atoms with Crippen molar-refractivity contribution in [2.75, 3.05) is 13.2 Å². The van der Waals surface area contributed by atoms with Gasteiger partial charge in [-0.05, 0) is 24.0 Å². The molecular formula is C13H13NO2. The summed E-state index contributed by atoms with van der Waals surface area (Å²) in [4.78, 5) is 4.21. The van der Waals surface area contributed by atoms with Gasteiger partial charge >= 0.3 is 0 Å². The van der Waals surface area contributed by atoms with Gasteiger partial charge in [-0.2, -0.15) is 0 Å². The molecule has 0 aromatic carbocycles. The zero-order valence-electron chi connectivity index (χ0n) is 8.90. The van der Waals surface area contributed by atoms with Crippen molar-refractivity contribution in [3.05, 3.63) is 29.6 Å². The minimum Gasteiger partial charge on any atom is -0.395 e. The van der Waals surface area contributed by atoms with E-state index in [4.69, 9.17) is 10.2 Å². The third-order valence-electron chi connectivity index (χ3n) is 1.66. The first-order valence-corrected chi connectivity index (χ1v) is 5.03. The van der Waals surface area contributed by atoms with Gasteiger partial charge in [-0.15, -0.1) is 0 Å². The highest BCUT2D eigenvalue weighted by atomic mass is 16.3. The Kier molecular flexibility index (Phi) is 5.73. The van der Waals surface area contributed by atoms with Crippen LogP contribution in [0.15, 0.2) is 18.2 Å². The van der Waals surface area contributed by atoms with Crippen molar-refractivity contribution < 1.29 is 10.2 Å². The summed E-state index contributed by atoms with van der Waals surface area (Å²) in [6, 6.07) is 5.42. The third kappa shape index (κ3) is 4.61. The van der Waals surface area contributed by atoms with Crippen molar-refractivity contribution in [1.82, 2.24) is 4.98 Å². The highest BCUT2D eigenvalue weighted by molar-refractivity contribution is 5.34. The van der Waals surface area contributed by atoms with E-state index in [9.17, 15) is 0 Å². The highest BCUT2D eigenvalue weighted by Crippen LogP contribution is 1.96. The predicted octanol–water partition coefficient (Wildman–Crippen LogP) is 0.549. The largest absolute Gasteiger partial charge is 0.395 e. The second kappa shape index (κ2) is 7.48. The maximum absolute atomic E-state index is 8.57. The summed E-state index contributed by atoms with van der Waals surface area (Å²) in [5.74, 6) is 11.3. The fourth-order valence-electron chi connectivity index (χ4n) is 0.992. The smallest absolute Gasteiger partial charge is 0.114 e. The first-order chi connectivity index (χ1) is 7.86. The number of nitrogens with zero attached hydrogens (tertiary/aromatic N) is 1. The molecule has 0 amide bonds. The minimum absolute atomic E-state index is 0.0585. The monoisotopic (exact) mass is 215 g/mol. The number of rotatable bonds is 2. The molecule has 2 N–H and O–H groups in total. The van der Waals surface area contributed by atoms with Crippen LogP contribution >= 0.6 is 0 Å². The maximum atomic E-state index is 8.57. The molecule has 3 nitrogen and oxygen atoms in total. The lowest BCUT2D eigenvalue weighted by atomic mass is 10.3. The summed E-state index contributed by atoms with van der Waals surface area (Å²) in [5.41, 5.74) is 1.29. The van der Waals surface area contributed by atoms with E-state index in [0.29, 0.717) is 24.2 Å². The van der Waals surface area contributed by atoms with Gasteiger partial charge in [0.1, 0.15) is 11.4 Å². The van der Waals surface area contributed by atoms with E-state index in [2.05, 4.69) is 28.7 Å². The average Bonchev–Trinajstić information content (AvgIpc) is 2.30. The van der Waals surface area contributed by atoms with E-state index in [1.54, 1.807) is 12.1 Å². The van der Waals surface area contributed by atoms with Gasteiger partial charge in [-0.25, -0.2) is 4.98 Å². The quantitative estimate of drug-likeness (QED) is 0.708. The normalized spacial score (nSPS) is 8.62. The lowest BCUT2D eigenvalue weighted by molar-refractivity contribution is 0.304. The fourth-order valence-corrected chi connectivity index (χ4v) is 0.992. The zero-order valence-corrected chi connectivity index (χ0v) is 8.90. The molecule has 82 valence electrons. The van der Waals surface area contributed by atoms with Gasteiger partial charge in [0.25, 0.3) is 0 Å². The second-order valence-electron chi connectivity index (χ2n) is 2.96. The number of hydrogen-bond donors (Lipinski definition) is 2. The standard InChI is InChI=1S/C13H13NO2/c15-10-3-1-6-12-8-5-9-13(14-12)7-2-4-11-16/h5,8-9,15-16H,3-4,10-11H2. The first-order valence-electron chi connectivity index (χ1n) is 5.03. The topological polar surface area (TPSA) is 53.4 Å². The average molecular weight is 215 g/mol. The summed E-state index contributed by atoms with van der Waals surface area (Å²) < 4.78 is 0. The summed E-state index contributed by atoms with van der Waals surface area (Å²) in [7, 11) is 0. The molecule has 0 fully saturated rings. The minimum atomic E-state index is 0.0585. The predicted molar refractivity (Wildman–Crippen MR) is 61.4 cm³/mol. The van der Waals surface area contributed by atoms with Crippen LogP contribution < -0.4 is 0 Å². The van der Waals surface area contributed by atoms with E-state index in [-0.39, 0.29) is 13.2 Å². The Balaban J connectivity index is 2.73. The Morgan fingerprint density at radius 2 is 1.44 bits per heavy atom. The first kappa shape index (κ1) is 12.3. The van der Waals surface area contributed by atoms with Gasteiger partial charge in [0.15, 0.2) is 0 Å². The van der Waals surface area contributed by atoms with Crippen molar-refractivity contribution in [3.63, 3.8) is 0 Å². The number of hydrogen-bond acceptors (Lipinski definition) is 3. The number of aliphatic hydroxyl groups excluding tert-OH is 2. The van der Waals surface area contributed by atoms with Gasteiger partial charge in [0, 0.05) is 12.8 Å². The lowest BCUT2D eigenvalue weighted by Gasteiger charge is -1.91. The highest BCUT2D eigenvalue weighted by Gasteiger charge is 1.90. The molecule has 1 aromatic heterocycles. The molecular weight excluding hydrogens is 202 g/mol. The Morgan fingerprint density at radius 1 is 0.938 bits per heavy atom. The summed E-state index contributed by atoms with van der Waals surface area (Å²) in [6.45, 7) is 0.117. The van der Waals surface area contributed by atoms with Crippen LogP contribution in [0.25, 0.3) is 0 Å². The molecule has 0 aliphatic carbocycles. The molecule has 3 heteroatoms. The van der Waals surface area contributed by atoms with Crippen LogP contribution in [0.5, 0.6) is 0 Å². The number of aliphatic hydroxyl groups is 2. The molecule has 0 unspecified atom stereocenters. The van der Waals surface area contributed by atoms with Crippen LogP contribution in [0, 0.1) is 23.7 Å². The Labute approximate surface area is 95.2 Å².